The predicted molar refractivity (Wildman–Crippen MR) is 145 cm³/mol. The molecule has 1 aromatic heterocycles. The van der Waals surface area contributed by atoms with Gasteiger partial charge in [-0.2, -0.15) is 0 Å². The van der Waals surface area contributed by atoms with Crippen LogP contribution in [0, 0.1) is 5.92 Å². The second-order valence-corrected chi connectivity index (χ2v) is 11.2. The van der Waals surface area contributed by atoms with Gasteiger partial charge in [0.25, 0.3) is 0 Å². The average molecular weight is 513 g/mol. The second kappa shape index (κ2) is 13.3. The summed E-state index contributed by atoms with van der Waals surface area (Å²) in [5, 5.41) is 7.30. The molecule has 8 heteroatoms. The molecule has 2 heterocycles. The van der Waals surface area contributed by atoms with Crippen LogP contribution in [0.3, 0.4) is 0 Å². The van der Waals surface area contributed by atoms with Crippen LogP contribution in [-0.4, -0.2) is 67.1 Å². The lowest BCUT2D eigenvalue weighted by atomic mass is 9.83. The predicted octanol–water partition coefficient (Wildman–Crippen LogP) is 3.86. The van der Waals surface area contributed by atoms with Crippen LogP contribution in [0.25, 0.3) is 10.2 Å². The normalized spacial score (nSPS) is 18.1. The van der Waals surface area contributed by atoms with Gasteiger partial charge in [0.15, 0.2) is 0 Å². The van der Waals surface area contributed by atoms with Gasteiger partial charge < -0.3 is 15.4 Å². The number of benzene rings is 1. The smallest absolute Gasteiger partial charge is 0.247 e. The van der Waals surface area contributed by atoms with Gasteiger partial charge in [-0.25, -0.2) is 4.98 Å². The fraction of sp³-hybridized carbons (Fsp3) is 0.607. The highest BCUT2D eigenvalue weighted by Gasteiger charge is 2.26. The quantitative estimate of drug-likeness (QED) is 0.447. The molecule has 1 atom stereocenters. The highest BCUT2D eigenvalue weighted by molar-refractivity contribution is 7.18. The van der Waals surface area contributed by atoms with E-state index in [-0.39, 0.29) is 17.9 Å². The van der Waals surface area contributed by atoms with Crippen molar-refractivity contribution in [2.45, 2.75) is 64.3 Å². The maximum absolute atomic E-state index is 12.9. The Labute approximate surface area is 218 Å². The Balaban J connectivity index is 1.29. The van der Waals surface area contributed by atoms with E-state index in [1.807, 2.05) is 0 Å². The Morgan fingerprint density at radius 2 is 2.00 bits per heavy atom. The molecule has 1 aliphatic carbocycles. The van der Waals surface area contributed by atoms with Gasteiger partial charge in [-0.05, 0) is 42.9 Å². The summed E-state index contributed by atoms with van der Waals surface area (Å²) in [6, 6.07) is 6.34. The zero-order valence-corrected chi connectivity index (χ0v) is 22.3. The Hall–Kier alpha value is -2.29. The van der Waals surface area contributed by atoms with Crippen molar-refractivity contribution in [2.24, 2.45) is 5.92 Å². The lowest BCUT2D eigenvalue weighted by Crippen LogP contribution is -2.49. The number of aryl methyl sites for hydroxylation is 2. The minimum absolute atomic E-state index is 0.0282. The third-order valence-corrected chi connectivity index (χ3v) is 8.44. The molecule has 1 unspecified atom stereocenters. The largest absolute Gasteiger partial charge is 0.379 e. The number of thiazole rings is 1. The first-order valence-corrected chi connectivity index (χ1v) is 14.3. The number of nitrogens with zero attached hydrogens (tertiary/aromatic N) is 2. The molecular formula is C28H40N4O3S. The summed E-state index contributed by atoms with van der Waals surface area (Å²) in [6.45, 7) is 10.2. The van der Waals surface area contributed by atoms with Crippen molar-refractivity contribution in [3.63, 3.8) is 0 Å². The molecule has 0 radical (unpaired) electrons. The number of carbonyl (C=O) groups excluding carboxylic acids is 2. The SMILES string of the molecule is C=C(CN1CCOCC1)C(=O)NCC(NC(=O)CCc1nc2ccc(CC)cc2s1)C1CCCCC1. The molecular weight excluding hydrogens is 472 g/mol. The van der Waals surface area contributed by atoms with E-state index in [9.17, 15) is 9.59 Å². The minimum atomic E-state index is -0.127. The molecule has 7 nitrogen and oxygen atoms in total. The number of morpholine rings is 1. The molecule has 1 aliphatic heterocycles. The highest BCUT2D eigenvalue weighted by atomic mass is 32.1. The summed E-state index contributed by atoms with van der Waals surface area (Å²) in [4.78, 5) is 32.6. The number of fused-ring (bicyclic) bond motifs is 1. The average Bonchev–Trinajstić information content (AvgIpc) is 3.33. The number of hydrogen-bond donors (Lipinski definition) is 2. The maximum Gasteiger partial charge on any atom is 0.247 e. The van der Waals surface area contributed by atoms with Crippen LogP contribution in [0.5, 0.6) is 0 Å². The molecule has 2 aliphatic rings. The molecule has 1 saturated heterocycles. The van der Waals surface area contributed by atoms with Crippen molar-refractivity contribution in [1.29, 1.82) is 0 Å². The topological polar surface area (TPSA) is 83.6 Å². The van der Waals surface area contributed by atoms with Crippen molar-refractivity contribution < 1.29 is 14.3 Å². The standard InChI is InChI=1S/C28H40N4O3S/c1-3-21-9-10-23-25(17-21)36-27(31-23)12-11-26(33)30-24(22-7-5-4-6-8-22)18-29-28(34)20(2)19-32-13-15-35-16-14-32/h9-10,17,22,24H,2-8,11-16,18-19H2,1H3,(H,29,34)(H,30,33). The number of amides is 2. The van der Waals surface area contributed by atoms with Gasteiger partial charge in [-0.1, -0.05) is 38.8 Å². The van der Waals surface area contributed by atoms with E-state index in [2.05, 4.69) is 47.2 Å². The third-order valence-electron chi connectivity index (χ3n) is 7.36. The molecule has 2 fully saturated rings. The fourth-order valence-electron chi connectivity index (χ4n) is 5.14. The Morgan fingerprint density at radius 3 is 2.75 bits per heavy atom. The summed E-state index contributed by atoms with van der Waals surface area (Å²) in [7, 11) is 0. The highest BCUT2D eigenvalue weighted by Crippen LogP contribution is 2.27. The molecule has 196 valence electrons. The van der Waals surface area contributed by atoms with E-state index in [0.717, 1.165) is 42.9 Å². The van der Waals surface area contributed by atoms with E-state index in [0.29, 0.717) is 50.6 Å². The summed E-state index contributed by atoms with van der Waals surface area (Å²) in [5.41, 5.74) is 2.88. The van der Waals surface area contributed by atoms with E-state index in [1.54, 1.807) is 11.3 Å². The molecule has 2 amide bonds. The van der Waals surface area contributed by atoms with Crippen LogP contribution in [0.4, 0.5) is 0 Å². The molecule has 0 bridgehead atoms. The van der Waals surface area contributed by atoms with E-state index < -0.39 is 0 Å². The number of carbonyl (C=O) groups is 2. The number of nitrogens with one attached hydrogen (secondary N) is 2. The van der Waals surface area contributed by atoms with Crippen LogP contribution in [-0.2, 0) is 27.2 Å². The van der Waals surface area contributed by atoms with Crippen LogP contribution in [0.1, 0.15) is 56.0 Å². The molecule has 4 rings (SSSR count). The molecule has 0 spiro atoms. The van der Waals surface area contributed by atoms with Crippen molar-refractivity contribution in [1.82, 2.24) is 20.5 Å². The summed E-state index contributed by atoms with van der Waals surface area (Å²) in [5.74, 6) is 0.295. The lowest BCUT2D eigenvalue weighted by molar-refractivity contribution is -0.123. The van der Waals surface area contributed by atoms with Gasteiger partial charge in [0.05, 0.1) is 28.4 Å². The van der Waals surface area contributed by atoms with Crippen molar-refractivity contribution >= 4 is 33.4 Å². The molecule has 1 saturated carbocycles. The minimum Gasteiger partial charge on any atom is -0.379 e. The fourth-order valence-corrected chi connectivity index (χ4v) is 6.17. The Kier molecular flexibility index (Phi) is 9.90. The Bertz CT molecular complexity index is 1040. The van der Waals surface area contributed by atoms with E-state index in [4.69, 9.17) is 9.72 Å². The van der Waals surface area contributed by atoms with Crippen molar-refractivity contribution in [3.05, 3.63) is 40.9 Å². The number of ether oxygens (including phenoxy) is 1. The Morgan fingerprint density at radius 1 is 1.22 bits per heavy atom. The zero-order chi connectivity index (χ0) is 25.3. The second-order valence-electron chi connectivity index (χ2n) is 10.0. The molecule has 36 heavy (non-hydrogen) atoms. The van der Waals surface area contributed by atoms with Crippen LogP contribution in [0.2, 0.25) is 0 Å². The number of rotatable bonds is 11. The maximum atomic E-state index is 12.9. The zero-order valence-electron chi connectivity index (χ0n) is 21.5. The monoisotopic (exact) mass is 512 g/mol. The third kappa shape index (κ3) is 7.60. The van der Waals surface area contributed by atoms with E-state index in [1.165, 1.54) is 29.5 Å². The van der Waals surface area contributed by atoms with Gasteiger partial charge in [-0.15, -0.1) is 11.3 Å². The number of aromatic nitrogens is 1. The first kappa shape index (κ1) is 26.8. The molecule has 2 aromatic rings. The van der Waals surface area contributed by atoms with E-state index >= 15 is 0 Å². The molecule has 1 aromatic carbocycles. The van der Waals surface area contributed by atoms with Crippen LogP contribution >= 0.6 is 11.3 Å². The van der Waals surface area contributed by atoms with Crippen LogP contribution in [0.15, 0.2) is 30.4 Å². The first-order chi connectivity index (χ1) is 17.5. The van der Waals surface area contributed by atoms with Gasteiger partial charge in [-0.3, -0.25) is 14.5 Å². The van der Waals surface area contributed by atoms with Crippen molar-refractivity contribution in [3.8, 4) is 0 Å². The van der Waals surface area contributed by atoms with Crippen molar-refractivity contribution in [2.75, 3.05) is 39.4 Å². The summed E-state index contributed by atoms with van der Waals surface area (Å²) in [6.07, 6.45) is 7.83. The lowest BCUT2D eigenvalue weighted by Gasteiger charge is -2.31. The van der Waals surface area contributed by atoms with Gasteiger partial charge in [0.1, 0.15) is 0 Å². The number of hydrogen-bond acceptors (Lipinski definition) is 6. The first-order valence-electron chi connectivity index (χ1n) is 13.5. The molecule has 2 N–H and O–H groups in total. The van der Waals surface area contributed by atoms with Gasteiger partial charge >= 0.3 is 0 Å². The van der Waals surface area contributed by atoms with Crippen LogP contribution < -0.4 is 10.6 Å². The summed E-state index contributed by atoms with van der Waals surface area (Å²) >= 11 is 1.68. The van der Waals surface area contributed by atoms with Gasteiger partial charge in [0.2, 0.25) is 11.8 Å². The van der Waals surface area contributed by atoms with Gasteiger partial charge in [0, 0.05) is 50.6 Å². The summed E-state index contributed by atoms with van der Waals surface area (Å²) < 4.78 is 6.57.